The predicted molar refractivity (Wildman–Crippen MR) is 45.5 cm³/mol. The highest BCUT2D eigenvalue weighted by molar-refractivity contribution is 5.88. The number of nitrogens with two attached hydrogens (primary N) is 1. The topological polar surface area (TPSA) is 130 Å². The summed E-state index contributed by atoms with van der Waals surface area (Å²) in [6.07, 6.45) is -0.673. The molecular formula is C7H12N2O5. The zero-order valence-electron chi connectivity index (χ0n) is 7.56. The van der Waals surface area contributed by atoms with Crippen LogP contribution in [0.1, 0.15) is 13.3 Å². The first-order chi connectivity index (χ1) is 6.34. The molecule has 0 aromatic heterocycles. The molecule has 0 rings (SSSR count). The Balaban J connectivity index is 4.31. The number of aliphatic carboxylic acids is 2. The van der Waals surface area contributed by atoms with E-state index in [1.54, 1.807) is 0 Å². The van der Waals surface area contributed by atoms with Crippen LogP contribution in [-0.4, -0.2) is 40.1 Å². The third kappa shape index (κ3) is 4.41. The highest BCUT2D eigenvalue weighted by atomic mass is 16.4. The van der Waals surface area contributed by atoms with E-state index < -0.39 is 36.4 Å². The molecule has 0 bridgehead atoms. The Hall–Kier alpha value is -1.63. The van der Waals surface area contributed by atoms with Crippen molar-refractivity contribution < 1.29 is 24.6 Å². The van der Waals surface area contributed by atoms with Crippen molar-refractivity contribution in [1.29, 1.82) is 0 Å². The van der Waals surface area contributed by atoms with Crippen LogP contribution in [-0.2, 0) is 14.4 Å². The Morgan fingerprint density at radius 1 is 1.36 bits per heavy atom. The van der Waals surface area contributed by atoms with Crippen LogP contribution in [0.25, 0.3) is 0 Å². The highest BCUT2D eigenvalue weighted by Gasteiger charge is 2.23. The van der Waals surface area contributed by atoms with Gasteiger partial charge in [0.1, 0.15) is 6.04 Å². The van der Waals surface area contributed by atoms with Gasteiger partial charge in [0.25, 0.3) is 0 Å². The van der Waals surface area contributed by atoms with Gasteiger partial charge in [0.2, 0.25) is 5.91 Å². The van der Waals surface area contributed by atoms with Gasteiger partial charge in [-0.05, 0) is 6.92 Å². The van der Waals surface area contributed by atoms with E-state index in [-0.39, 0.29) is 0 Å². The molecule has 1 unspecified atom stereocenters. The second-order valence-electron chi connectivity index (χ2n) is 2.79. The van der Waals surface area contributed by atoms with Crippen LogP contribution in [0.15, 0.2) is 0 Å². The van der Waals surface area contributed by atoms with Gasteiger partial charge in [0.05, 0.1) is 12.5 Å². The molecule has 1 amide bonds. The Morgan fingerprint density at radius 3 is 2.14 bits per heavy atom. The molecule has 7 nitrogen and oxygen atoms in total. The monoisotopic (exact) mass is 204 g/mol. The van der Waals surface area contributed by atoms with Crippen LogP contribution in [0.3, 0.4) is 0 Å². The zero-order chi connectivity index (χ0) is 11.3. The van der Waals surface area contributed by atoms with Crippen molar-refractivity contribution in [1.82, 2.24) is 5.32 Å². The van der Waals surface area contributed by atoms with Crippen LogP contribution >= 0.6 is 0 Å². The summed E-state index contributed by atoms with van der Waals surface area (Å²) >= 11 is 0. The van der Waals surface area contributed by atoms with Crippen molar-refractivity contribution in [3.8, 4) is 0 Å². The van der Waals surface area contributed by atoms with Gasteiger partial charge in [-0.15, -0.1) is 0 Å². The Labute approximate surface area is 79.9 Å². The average molecular weight is 204 g/mol. The molecule has 0 aliphatic carbocycles. The van der Waals surface area contributed by atoms with E-state index in [0.717, 1.165) is 0 Å². The first-order valence-corrected chi connectivity index (χ1v) is 3.85. The molecule has 0 aliphatic rings. The van der Waals surface area contributed by atoms with E-state index in [0.29, 0.717) is 0 Å². The summed E-state index contributed by atoms with van der Waals surface area (Å²) in [4.78, 5) is 31.6. The summed E-state index contributed by atoms with van der Waals surface area (Å²) in [7, 11) is 0. The molecule has 14 heavy (non-hydrogen) atoms. The van der Waals surface area contributed by atoms with Gasteiger partial charge in [-0.2, -0.15) is 0 Å². The summed E-state index contributed by atoms with van der Waals surface area (Å²) in [5, 5.41) is 18.9. The van der Waals surface area contributed by atoms with Gasteiger partial charge < -0.3 is 21.3 Å². The molecule has 0 saturated heterocycles. The SMILES string of the molecule is CC(N)C(=O)N[C@@H](CC(=O)O)C(=O)O. The molecular weight excluding hydrogens is 192 g/mol. The zero-order valence-corrected chi connectivity index (χ0v) is 7.56. The molecule has 7 heteroatoms. The van der Waals surface area contributed by atoms with Gasteiger partial charge >= 0.3 is 11.9 Å². The number of hydrogen-bond acceptors (Lipinski definition) is 4. The maximum absolute atomic E-state index is 10.9. The molecule has 0 aliphatic heterocycles. The molecule has 0 aromatic rings. The average Bonchev–Trinajstić information content (AvgIpc) is 2.01. The number of carboxylic acid groups (broad SMARTS) is 2. The molecule has 0 saturated carbocycles. The molecule has 80 valence electrons. The van der Waals surface area contributed by atoms with Crippen LogP contribution < -0.4 is 11.1 Å². The second-order valence-corrected chi connectivity index (χ2v) is 2.79. The number of carbonyl (C=O) groups excluding carboxylic acids is 1. The molecule has 0 radical (unpaired) electrons. The first kappa shape index (κ1) is 12.4. The molecule has 0 aromatic carbocycles. The lowest BCUT2D eigenvalue weighted by atomic mass is 10.2. The number of amides is 1. The fraction of sp³-hybridized carbons (Fsp3) is 0.571. The van der Waals surface area contributed by atoms with E-state index >= 15 is 0 Å². The predicted octanol–water partition coefficient (Wildman–Crippen LogP) is -1.62. The largest absolute Gasteiger partial charge is 0.481 e. The van der Waals surface area contributed by atoms with Gasteiger partial charge in [-0.25, -0.2) is 4.79 Å². The lowest BCUT2D eigenvalue weighted by Crippen LogP contribution is -2.48. The van der Waals surface area contributed by atoms with E-state index in [4.69, 9.17) is 15.9 Å². The van der Waals surface area contributed by atoms with Gasteiger partial charge in [-0.3, -0.25) is 9.59 Å². The van der Waals surface area contributed by atoms with Crippen LogP contribution in [0.5, 0.6) is 0 Å². The maximum atomic E-state index is 10.9. The standard InChI is InChI=1S/C7H12N2O5/c1-3(8)6(12)9-4(7(13)14)2-5(10)11/h3-4H,2,8H2,1H3,(H,9,12)(H,10,11)(H,13,14)/t3?,4-/m0/s1. The first-order valence-electron chi connectivity index (χ1n) is 3.85. The Bertz CT molecular complexity index is 250. The summed E-state index contributed by atoms with van der Waals surface area (Å²) in [5.41, 5.74) is 5.16. The Morgan fingerprint density at radius 2 is 1.86 bits per heavy atom. The lowest BCUT2D eigenvalue weighted by Gasteiger charge is -2.13. The van der Waals surface area contributed by atoms with Crippen molar-refractivity contribution in [2.75, 3.05) is 0 Å². The van der Waals surface area contributed by atoms with Crippen molar-refractivity contribution in [3.05, 3.63) is 0 Å². The smallest absolute Gasteiger partial charge is 0.326 e. The summed E-state index contributed by atoms with van der Waals surface area (Å²) in [5.74, 6) is -3.40. The van der Waals surface area contributed by atoms with Crippen molar-refractivity contribution in [2.24, 2.45) is 5.73 Å². The van der Waals surface area contributed by atoms with E-state index in [9.17, 15) is 14.4 Å². The number of hydrogen-bond donors (Lipinski definition) is 4. The lowest BCUT2D eigenvalue weighted by molar-refractivity contribution is -0.147. The minimum Gasteiger partial charge on any atom is -0.481 e. The maximum Gasteiger partial charge on any atom is 0.326 e. The van der Waals surface area contributed by atoms with Crippen molar-refractivity contribution >= 4 is 17.8 Å². The number of rotatable bonds is 5. The highest BCUT2D eigenvalue weighted by Crippen LogP contribution is 1.93. The number of nitrogens with one attached hydrogen (secondary N) is 1. The van der Waals surface area contributed by atoms with E-state index in [1.165, 1.54) is 6.92 Å². The molecule has 0 spiro atoms. The molecule has 0 fully saturated rings. The van der Waals surface area contributed by atoms with Crippen LogP contribution in [0, 0.1) is 0 Å². The quantitative estimate of drug-likeness (QED) is 0.425. The van der Waals surface area contributed by atoms with Gasteiger partial charge in [0, 0.05) is 0 Å². The number of carbonyl (C=O) groups is 3. The summed E-state index contributed by atoms with van der Waals surface area (Å²) in [6, 6.07) is -2.31. The van der Waals surface area contributed by atoms with Crippen molar-refractivity contribution in [3.63, 3.8) is 0 Å². The minimum atomic E-state index is -1.44. The van der Waals surface area contributed by atoms with Gasteiger partial charge in [-0.1, -0.05) is 0 Å². The minimum absolute atomic E-state index is 0.673. The van der Waals surface area contributed by atoms with Crippen molar-refractivity contribution in [2.45, 2.75) is 25.4 Å². The summed E-state index contributed by atoms with van der Waals surface area (Å²) in [6.45, 7) is 1.37. The van der Waals surface area contributed by atoms with E-state index in [2.05, 4.69) is 0 Å². The van der Waals surface area contributed by atoms with E-state index in [1.807, 2.05) is 5.32 Å². The Kier molecular flexibility index (Phi) is 4.57. The van der Waals surface area contributed by atoms with Gasteiger partial charge in [0.15, 0.2) is 0 Å². The normalized spacial score (nSPS) is 14.1. The molecule has 5 N–H and O–H groups in total. The number of carboxylic acids is 2. The van der Waals surface area contributed by atoms with Crippen LogP contribution in [0.4, 0.5) is 0 Å². The van der Waals surface area contributed by atoms with Crippen LogP contribution in [0.2, 0.25) is 0 Å². The third-order valence-corrected chi connectivity index (χ3v) is 1.41. The fourth-order valence-electron chi connectivity index (χ4n) is 0.678. The second kappa shape index (κ2) is 5.18. The molecule has 2 atom stereocenters. The summed E-state index contributed by atoms with van der Waals surface area (Å²) < 4.78 is 0. The molecule has 0 heterocycles. The fourth-order valence-corrected chi connectivity index (χ4v) is 0.678. The third-order valence-electron chi connectivity index (χ3n) is 1.41.